The van der Waals surface area contributed by atoms with Gasteiger partial charge in [0.05, 0.1) is 0 Å². The van der Waals surface area contributed by atoms with E-state index in [0.29, 0.717) is 0 Å². The van der Waals surface area contributed by atoms with Crippen LogP contribution >= 0.6 is 0 Å². The molecule has 3 heteroatoms. The van der Waals surface area contributed by atoms with E-state index in [4.69, 9.17) is 10.5 Å². The summed E-state index contributed by atoms with van der Waals surface area (Å²) in [4.78, 5) is 2.23. The van der Waals surface area contributed by atoms with Gasteiger partial charge in [0.15, 0.2) is 0 Å². The highest BCUT2D eigenvalue weighted by Crippen LogP contribution is 2.17. The molecule has 1 aromatic carbocycles. The van der Waals surface area contributed by atoms with Gasteiger partial charge in [0.1, 0.15) is 0 Å². The van der Waals surface area contributed by atoms with Gasteiger partial charge in [-0.2, -0.15) is 0 Å². The number of benzene rings is 1. The van der Waals surface area contributed by atoms with E-state index >= 15 is 0 Å². The lowest BCUT2D eigenvalue weighted by atomic mass is 10.1. The van der Waals surface area contributed by atoms with E-state index in [1.54, 1.807) is 7.11 Å². The Morgan fingerprint density at radius 3 is 2.39 bits per heavy atom. The Morgan fingerprint density at radius 1 is 1.22 bits per heavy atom. The van der Waals surface area contributed by atoms with Crippen LogP contribution in [0.15, 0.2) is 18.2 Å². The molecule has 3 nitrogen and oxygen atoms in total. The fourth-order valence-electron chi connectivity index (χ4n) is 2.21. The first kappa shape index (κ1) is 15.0. The summed E-state index contributed by atoms with van der Waals surface area (Å²) in [5.74, 6) is 0. The normalized spacial score (nSPS) is 12.5. The van der Waals surface area contributed by atoms with Gasteiger partial charge in [0.25, 0.3) is 0 Å². The Bertz CT molecular complexity index is 345. The number of likely N-dealkylation sites (N-methyl/N-ethyl adjacent to an activating group) is 1. The van der Waals surface area contributed by atoms with Gasteiger partial charge < -0.3 is 15.4 Å². The van der Waals surface area contributed by atoms with Gasteiger partial charge in [-0.25, -0.2) is 0 Å². The molecule has 0 heterocycles. The van der Waals surface area contributed by atoms with E-state index in [1.807, 2.05) is 0 Å². The third kappa shape index (κ3) is 5.07. The number of rotatable bonds is 7. The number of nitrogens with zero attached hydrogens (tertiary/aromatic N) is 1. The first-order chi connectivity index (χ1) is 8.52. The number of ether oxygens (including phenoxy) is 1. The quantitative estimate of drug-likeness (QED) is 0.756. The second-order valence-electron chi connectivity index (χ2n) is 5.12. The molecular weight excluding hydrogens is 224 g/mol. The number of aryl methyl sites for hydroxylation is 2. The van der Waals surface area contributed by atoms with Crippen LogP contribution in [-0.4, -0.2) is 33.4 Å². The van der Waals surface area contributed by atoms with E-state index in [2.05, 4.69) is 44.0 Å². The summed E-state index contributed by atoms with van der Waals surface area (Å²) in [6.45, 7) is 5.93. The van der Waals surface area contributed by atoms with Crippen molar-refractivity contribution in [2.75, 3.05) is 32.2 Å². The lowest BCUT2D eigenvalue weighted by Crippen LogP contribution is -2.35. The monoisotopic (exact) mass is 250 g/mol. The zero-order valence-corrected chi connectivity index (χ0v) is 12.1. The Morgan fingerprint density at radius 2 is 1.83 bits per heavy atom. The van der Waals surface area contributed by atoms with E-state index in [1.165, 1.54) is 16.8 Å². The minimum atomic E-state index is 0.200. The van der Waals surface area contributed by atoms with Crippen molar-refractivity contribution in [1.82, 2.24) is 0 Å². The predicted octanol–water partition coefficient (Wildman–Crippen LogP) is 2.49. The molecule has 2 N–H and O–H groups in total. The molecule has 1 atom stereocenters. The molecule has 0 fully saturated rings. The van der Waals surface area contributed by atoms with Gasteiger partial charge >= 0.3 is 0 Å². The van der Waals surface area contributed by atoms with Crippen molar-refractivity contribution in [2.24, 2.45) is 5.73 Å². The van der Waals surface area contributed by atoms with E-state index < -0.39 is 0 Å². The van der Waals surface area contributed by atoms with Crippen molar-refractivity contribution in [1.29, 1.82) is 0 Å². The Balaban J connectivity index is 2.50. The standard InChI is InChI=1S/C15H26N2O/c1-12-8-13(2)10-15(9-12)17(3)11-14(16)6-5-7-18-4/h8-10,14H,5-7,11,16H2,1-4H3. The van der Waals surface area contributed by atoms with Gasteiger partial charge in [0, 0.05) is 39.0 Å². The Hall–Kier alpha value is -1.06. The maximum absolute atomic E-state index is 6.13. The average molecular weight is 250 g/mol. The highest BCUT2D eigenvalue weighted by atomic mass is 16.5. The third-order valence-corrected chi connectivity index (χ3v) is 3.08. The van der Waals surface area contributed by atoms with Crippen molar-refractivity contribution in [3.8, 4) is 0 Å². The summed E-state index contributed by atoms with van der Waals surface area (Å²) < 4.78 is 5.04. The molecule has 0 spiro atoms. The number of hydrogen-bond acceptors (Lipinski definition) is 3. The van der Waals surface area contributed by atoms with Gasteiger partial charge in [-0.15, -0.1) is 0 Å². The van der Waals surface area contributed by atoms with Crippen molar-refractivity contribution in [3.63, 3.8) is 0 Å². The smallest absolute Gasteiger partial charge is 0.0462 e. The van der Waals surface area contributed by atoms with Crippen LogP contribution in [0.1, 0.15) is 24.0 Å². The third-order valence-electron chi connectivity index (χ3n) is 3.08. The van der Waals surface area contributed by atoms with Crippen LogP contribution in [0.5, 0.6) is 0 Å². The van der Waals surface area contributed by atoms with Crippen LogP contribution in [0.25, 0.3) is 0 Å². The number of anilines is 1. The van der Waals surface area contributed by atoms with Crippen LogP contribution in [0.4, 0.5) is 5.69 Å². The molecule has 0 radical (unpaired) electrons. The zero-order valence-electron chi connectivity index (χ0n) is 12.1. The largest absolute Gasteiger partial charge is 0.385 e. The molecule has 0 saturated carbocycles. The molecule has 0 aromatic heterocycles. The molecule has 18 heavy (non-hydrogen) atoms. The average Bonchev–Trinajstić information content (AvgIpc) is 2.28. The maximum atomic E-state index is 6.13. The van der Waals surface area contributed by atoms with Gasteiger partial charge in [-0.1, -0.05) is 6.07 Å². The van der Waals surface area contributed by atoms with Crippen molar-refractivity contribution in [2.45, 2.75) is 32.7 Å². The van der Waals surface area contributed by atoms with Crippen molar-refractivity contribution in [3.05, 3.63) is 29.3 Å². The van der Waals surface area contributed by atoms with E-state index in [-0.39, 0.29) is 6.04 Å². The lowest BCUT2D eigenvalue weighted by Gasteiger charge is -2.24. The maximum Gasteiger partial charge on any atom is 0.0462 e. The fourth-order valence-corrected chi connectivity index (χ4v) is 2.21. The second-order valence-corrected chi connectivity index (χ2v) is 5.12. The number of hydrogen-bond donors (Lipinski definition) is 1. The second kappa shape index (κ2) is 7.39. The fraction of sp³-hybridized carbons (Fsp3) is 0.600. The highest BCUT2D eigenvalue weighted by Gasteiger charge is 2.08. The number of nitrogens with two attached hydrogens (primary N) is 1. The van der Waals surface area contributed by atoms with Gasteiger partial charge in [0.2, 0.25) is 0 Å². The number of methoxy groups -OCH3 is 1. The van der Waals surface area contributed by atoms with Crippen LogP contribution in [0.2, 0.25) is 0 Å². The topological polar surface area (TPSA) is 38.5 Å². The SMILES string of the molecule is COCCCC(N)CN(C)c1cc(C)cc(C)c1. The molecule has 0 aliphatic rings. The Kier molecular flexibility index (Phi) is 6.16. The molecule has 1 rings (SSSR count). The molecule has 1 unspecified atom stereocenters. The van der Waals surface area contributed by atoms with Crippen molar-refractivity contribution >= 4 is 5.69 Å². The molecule has 0 saturated heterocycles. The van der Waals surface area contributed by atoms with E-state index in [0.717, 1.165) is 26.0 Å². The minimum absolute atomic E-state index is 0.200. The Labute approximate surface area is 111 Å². The summed E-state index contributed by atoms with van der Waals surface area (Å²) in [6, 6.07) is 6.80. The van der Waals surface area contributed by atoms with Crippen LogP contribution < -0.4 is 10.6 Å². The highest BCUT2D eigenvalue weighted by molar-refractivity contribution is 5.50. The summed E-state index contributed by atoms with van der Waals surface area (Å²) in [5.41, 5.74) is 9.97. The van der Waals surface area contributed by atoms with E-state index in [9.17, 15) is 0 Å². The lowest BCUT2D eigenvalue weighted by molar-refractivity contribution is 0.190. The minimum Gasteiger partial charge on any atom is -0.385 e. The molecule has 102 valence electrons. The summed E-state index contributed by atoms with van der Waals surface area (Å²) >= 11 is 0. The molecule has 0 aliphatic carbocycles. The zero-order chi connectivity index (χ0) is 13.5. The van der Waals surface area contributed by atoms with Gasteiger partial charge in [-0.05, 0) is 49.9 Å². The molecule has 0 bridgehead atoms. The molecule has 0 amide bonds. The summed E-state index contributed by atoms with van der Waals surface area (Å²) in [6.07, 6.45) is 2.03. The van der Waals surface area contributed by atoms with Crippen LogP contribution in [0, 0.1) is 13.8 Å². The van der Waals surface area contributed by atoms with Crippen molar-refractivity contribution < 1.29 is 4.74 Å². The molecule has 0 aliphatic heterocycles. The summed E-state index contributed by atoms with van der Waals surface area (Å²) in [7, 11) is 3.83. The molecule has 1 aromatic rings. The molecular formula is C15H26N2O. The van der Waals surface area contributed by atoms with Gasteiger partial charge in [-0.3, -0.25) is 0 Å². The summed E-state index contributed by atoms with van der Waals surface area (Å²) in [5, 5.41) is 0. The predicted molar refractivity (Wildman–Crippen MR) is 78.3 cm³/mol. The first-order valence-corrected chi connectivity index (χ1v) is 6.57. The van der Waals surface area contributed by atoms with Crippen LogP contribution in [0.3, 0.4) is 0 Å². The van der Waals surface area contributed by atoms with Crippen LogP contribution in [-0.2, 0) is 4.74 Å². The first-order valence-electron chi connectivity index (χ1n) is 6.57.